The monoisotopic (exact) mass is 304 g/mol. The van der Waals surface area contributed by atoms with Crippen LogP contribution in [0.15, 0.2) is 23.2 Å². The number of aliphatic hydroxyl groups is 1. The summed E-state index contributed by atoms with van der Waals surface area (Å²) < 4.78 is 6.96. The van der Waals surface area contributed by atoms with Crippen LogP contribution < -0.4 is 5.32 Å². The van der Waals surface area contributed by atoms with Gasteiger partial charge in [-0.1, -0.05) is 5.16 Å². The third-order valence-electron chi connectivity index (χ3n) is 4.35. The summed E-state index contributed by atoms with van der Waals surface area (Å²) in [5, 5.41) is 17.2. The second-order valence-corrected chi connectivity index (χ2v) is 5.80. The number of aryl methyl sites for hydroxylation is 2. The minimum atomic E-state index is -0.609. The number of nitrogens with one attached hydrogen (secondary N) is 1. The van der Waals surface area contributed by atoms with Gasteiger partial charge in [0.05, 0.1) is 36.6 Å². The van der Waals surface area contributed by atoms with Crippen molar-refractivity contribution < 1.29 is 14.4 Å². The van der Waals surface area contributed by atoms with E-state index in [1.165, 1.54) is 0 Å². The van der Waals surface area contributed by atoms with Crippen LogP contribution in [-0.2, 0) is 11.2 Å². The van der Waals surface area contributed by atoms with Crippen LogP contribution in [0.1, 0.15) is 35.9 Å². The van der Waals surface area contributed by atoms with Crippen LogP contribution in [0.4, 0.5) is 0 Å². The molecule has 2 N–H and O–H groups in total. The molecule has 0 aromatic carbocycles. The van der Waals surface area contributed by atoms with Crippen LogP contribution in [0.2, 0.25) is 0 Å². The van der Waals surface area contributed by atoms with Crippen molar-refractivity contribution in [1.82, 2.24) is 20.0 Å². The van der Waals surface area contributed by atoms with E-state index in [0.717, 1.165) is 24.1 Å². The zero-order chi connectivity index (χ0) is 15.7. The molecule has 0 aliphatic heterocycles. The van der Waals surface area contributed by atoms with Gasteiger partial charge in [-0.15, -0.1) is 0 Å². The lowest BCUT2D eigenvalue weighted by Crippen LogP contribution is -2.42. The standard InChI is InChI=1S/C15H20N4O3/c1-9-11(10(2)22-18-9)7-14(20)17-12-3-4-13(15(12)21)19-6-5-16-8-19/h5-6,8,12-13,15,21H,3-4,7H2,1-2H3,(H,17,20)/t12-,13-,15-/m1/s1. The SMILES string of the molecule is Cc1noc(C)c1CC(=O)N[C@@H]1CC[C@@H](n2ccnc2)[C@@H]1O. The first-order valence-electron chi connectivity index (χ1n) is 7.43. The third-order valence-corrected chi connectivity index (χ3v) is 4.35. The summed E-state index contributed by atoms with van der Waals surface area (Å²) in [6.45, 7) is 3.61. The summed E-state index contributed by atoms with van der Waals surface area (Å²) in [5.74, 6) is 0.542. The van der Waals surface area contributed by atoms with Crippen molar-refractivity contribution in [2.24, 2.45) is 0 Å². The lowest BCUT2D eigenvalue weighted by Gasteiger charge is -2.21. The Kier molecular flexibility index (Phi) is 3.98. The minimum absolute atomic E-state index is 0.0353. The van der Waals surface area contributed by atoms with Crippen molar-refractivity contribution in [1.29, 1.82) is 0 Å². The molecule has 3 atom stereocenters. The third kappa shape index (κ3) is 2.76. The first-order chi connectivity index (χ1) is 10.6. The maximum atomic E-state index is 12.2. The number of aliphatic hydroxyl groups excluding tert-OH is 1. The molecule has 1 saturated carbocycles. The highest BCUT2D eigenvalue weighted by Crippen LogP contribution is 2.30. The van der Waals surface area contributed by atoms with Crippen LogP contribution in [0.25, 0.3) is 0 Å². The molecule has 2 aromatic rings. The van der Waals surface area contributed by atoms with Crippen molar-refractivity contribution in [2.75, 3.05) is 0 Å². The van der Waals surface area contributed by atoms with Gasteiger partial charge in [-0.3, -0.25) is 4.79 Å². The molecular formula is C15H20N4O3. The van der Waals surface area contributed by atoms with Crippen LogP contribution in [0.5, 0.6) is 0 Å². The average Bonchev–Trinajstić information content (AvgIpc) is 3.18. The maximum absolute atomic E-state index is 12.2. The Morgan fingerprint density at radius 3 is 2.95 bits per heavy atom. The molecule has 118 valence electrons. The van der Waals surface area contributed by atoms with E-state index in [-0.39, 0.29) is 24.4 Å². The van der Waals surface area contributed by atoms with E-state index >= 15 is 0 Å². The van der Waals surface area contributed by atoms with Crippen molar-refractivity contribution in [3.8, 4) is 0 Å². The van der Waals surface area contributed by atoms with Gasteiger partial charge in [-0.2, -0.15) is 0 Å². The number of carbonyl (C=O) groups excluding carboxylic acids is 1. The van der Waals surface area contributed by atoms with E-state index in [0.29, 0.717) is 5.76 Å². The van der Waals surface area contributed by atoms with Gasteiger partial charge in [0, 0.05) is 18.0 Å². The Balaban J connectivity index is 1.61. The van der Waals surface area contributed by atoms with E-state index in [9.17, 15) is 9.90 Å². The molecule has 1 aliphatic carbocycles. The fourth-order valence-electron chi connectivity index (χ4n) is 3.08. The first kappa shape index (κ1) is 14.8. The molecule has 0 bridgehead atoms. The van der Waals surface area contributed by atoms with Gasteiger partial charge in [-0.25, -0.2) is 4.98 Å². The van der Waals surface area contributed by atoms with E-state index < -0.39 is 6.10 Å². The summed E-state index contributed by atoms with van der Waals surface area (Å²) in [6, 6.07) is -0.271. The largest absolute Gasteiger partial charge is 0.389 e. The van der Waals surface area contributed by atoms with E-state index in [1.807, 2.05) is 17.7 Å². The number of carbonyl (C=O) groups is 1. The number of amides is 1. The quantitative estimate of drug-likeness (QED) is 0.876. The predicted octanol–water partition coefficient (Wildman–Crippen LogP) is 0.911. The highest BCUT2D eigenvalue weighted by molar-refractivity contribution is 5.79. The topological polar surface area (TPSA) is 93.2 Å². The number of rotatable bonds is 4. The smallest absolute Gasteiger partial charge is 0.224 e. The molecule has 22 heavy (non-hydrogen) atoms. The lowest BCUT2D eigenvalue weighted by atomic mass is 10.1. The number of hydrogen-bond donors (Lipinski definition) is 2. The van der Waals surface area contributed by atoms with Gasteiger partial charge in [0.25, 0.3) is 0 Å². The van der Waals surface area contributed by atoms with Crippen molar-refractivity contribution in [2.45, 2.75) is 51.3 Å². The zero-order valence-electron chi connectivity index (χ0n) is 12.7. The van der Waals surface area contributed by atoms with Crippen LogP contribution in [-0.4, -0.2) is 37.9 Å². The summed E-state index contributed by atoms with van der Waals surface area (Å²) in [7, 11) is 0. The summed E-state index contributed by atoms with van der Waals surface area (Å²) in [4.78, 5) is 16.2. The molecule has 1 aliphatic rings. The molecule has 0 radical (unpaired) electrons. The summed E-state index contributed by atoms with van der Waals surface area (Å²) in [5.41, 5.74) is 1.55. The van der Waals surface area contributed by atoms with Gasteiger partial charge in [0.2, 0.25) is 5.91 Å². The van der Waals surface area contributed by atoms with E-state index in [4.69, 9.17) is 4.52 Å². The average molecular weight is 304 g/mol. The Morgan fingerprint density at radius 2 is 2.32 bits per heavy atom. The Bertz CT molecular complexity index is 630. The van der Waals surface area contributed by atoms with Crippen molar-refractivity contribution >= 4 is 5.91 Å². The molecular weight excluding hydrogens is 284 g/mol. The predicted molar refractivity (Wildman–Crippen MR) is 78.1 cm³/mol. The molecule has 0 unspecified atom stereocenters. The lowest BCUT2D eigenvalue weighted by molar-refractivity contribution is -0.121. The number of nitrogens with zero attached hydrogens (tertiary/aromatic N) is 3. The molecule has 0 saturated heterocycles. The normalized spacial score (nSPS) is 24.6. The van der Waals surface area contributed by atoms with Gasteiger partial charge < -0.3 is 19.5 Å². The van der Waals surface area contributed by atoms with Gasteiger partial charge >= 0.3 is 0 Å². The van der Waals surface area contributed by atoms with Crippen LogP contribution in [0, 0.1) is 13.8 Å². The Morgan fingerprint density at radius 1 is 1.50 bits per heavy atom. The number of hydrogen-bond acceptors (Lipinski definition) is 5. The van der Waals surface area contributed by atoms with E-state index in [2.05, 4.69) is 15.5 Å². The fourth-order valence-corrected chi connectivity index (χ4v) is 3.08. The second kappa shape index (κ2) is 5.92. The summed E-state index contributed by atoms with van der Waals surface area (Å²) >= 11 is 0. The van der Waals surface area contributed by atoms with Crippen LogP contribution >= 0.6 is 0 Å². The molecule has 0 spiro atoms. The molecule has 2 heterocycles. The maximum Gasteiger partial charge on any atom is 0.224 e. The molecule has 2 aromatic heterocycles. The molecule has 1 fully saturated rings. The van der Waals surface area contributed by atoms with Crippen molar-refractivity contribution in [3.63, 3.8) is 0 Å². The number of aromatic nitrogens is 3. The highest BCUT2D eigenvalue weighted by Gasteiger charge is 2.36. The van der Waals surface area contributed by atoms with Gasteiger partial charge in [0.1, 0.15) is 5.76 Å². The molecule has 3 rings (SSSR count). The zero-order valence-corrected chi connectivity index (χ0v) is 12.7. The number of imidazole rings is 1. The Labute approximate surface area is 128 Å². The highest BCUT2D eigenvalue weighted by atomic mass is 16.5. The first-order valence-corrected chi connectivity index (χ1v) is 7.43. The van der Waals surface area contributed by atoms with E-state index in [1.54, 1.807) is 19.4 Å². The molecule has 1 amide bonds. The van der Waals surface area contributed by atoms with Crippen molar-refractivity contribution in [3.05, 3.63) is 35.7 Å². The van der Waals surface area contributed by atoms with Gasteiger partial charge in [-0.05, 0) is 26.7 Å². The fraction of sp³-hybridized carbons (Fsp3) is 0.533. The second-order valence-electron chi connectivity index (χ2n) is 5.80. The van der Waals surface area contributed by atoms with Crippen LogP contribution in [0.3, 0.4) is 0 Å². The minimum Gasteiger partial charge on any atom is -0.389 e. The van der Waals surface area contributed by atoms with Gasteiger partial charge in [0.15, 0.2) is 0 Å². The summed E-state index contributed by atoms with van der Waals surface area (Å²) in [6.07, 6.45) is 6.40. The molecule has 7 heteroatoms. The molecule has 7 nitrogen and oxygen atoms in total. The Hall–Kier alpha value is -2.15.